The largest absolute Gasteiger partial charge is 0.484 e. The number of aliphatic imine (C=N–C) groups is 2. The van der Waals surface area contributed by atoms with Gasteiger partial charge >= 0.3 is 17.8 Å². The number of hydrogen-bond donors (Lipinski definition) is 0. The number of piperidine rings is 1. The normalized spacial score (nSPS) is 19.2. The molecule has 1 fully saturated rings. The summed E-state index contributed by atoms with van der Waals surface area (Å²) in [5.41, 5.74) is 0.836. The Morgan fingerprint density at radius 1 is 1.10 bits per heavy atom. The third kappa shape index (κ3) is 3.55. The van der Waals surface area contributed by atoms with Gasteiger partial charge in [-0.1, -0.05) is 4.99 Å². The number of amides is 4. The molecule has 9 heteroatoms. The number of fused-ring (bicyclic) bond motifs is 1. The van der Waals surface area contributed by atoms with Crippen LogP contribution < -0.4 is 4.74 Å². The summed E-state index contributed by atoms with van der Waals surface area (Å²) in [4.78, 5) is 48.0. The van der Waals surface area contributed by atoms with Crippen molar-refractivity contribution < 1.29 is 23.7 Å². The standard InChI is InChI=1S/C20H22N5O4/c1-23-18-16(19(27)24(2)20(23)28)21-17(22-18)13-6-8-14(9-7-13)29-12-15(26)25-10-4-3-5-11-25/h6-9H,3-5,10-12H2,1-2H3/q+1. The molecule has 0 atom stereocenters. The van der Waals surface area contributed by atoms with E-state index in [-0.39, 0.29) is 24.1 Å². The van der Waals surface area contributed by atoms with Gasteiger partial charge in [-0.15, -0.1) is 0 Å². The van der Waals surface area contributed by atoms with Crippen molar-refractivity contribution >= 4 is 35.2 Å². The Morgan fingerprint density at radius 2 is 1.79 bits per heavy atom. The molecule has 1 aromatic rings. The summed E-state index contributed by atoms with van der Waals surface area (Å²) in [6, 6.07) is 6.54. The number of carbonyl (C=O) groups excluding carboxylic acids is 3. The molecule has 4 rings (SSSR count). The summed E-state index contributed by atoms with van der Waals surface area (Å²) in [5, 5.41) is 0. The quantitative estimate of drug-likeness (QED) is 0.707. The molecule has 0 N–H and O–H groups in total. The zero-order chi connectivity index (χ0) is 20.5. The van der Waals surface area contributed by atoms with Crippen LogP contribution in [0.1, 0.15) is 24.8 Å². The van der Waals surface area contributed by atoms with Crippen molar-refractivity contribution in [3.63, 3.8) is 0 Å². The number of ether oxygens (including phenoxy) is 1. The Morgan fingerprint density at radius 3 is 2.48 bits per heavy atom. The minimum Gasteiger partial charge on any atom is -0.484 e. The Hall–Kier alpha value is -3.36. The van der Waals surface area contributed by atoms with E-state index in [0.717, 1.165) is 30.8 Å². The third-order valence-corrected chi connectivity index (χ3v) is 5.22. The Balaban J connectivity index is 1.45. The van der Waals surface area contributed by atoms with E-state index in [1.807, 2.05) is 4.90 Å². The fourth-order valence-corrected chi connectivity index (χ4v) is 3.48. The number of carbonyl (C=O) groups is 3. The highest BCUT2D eigenvalue weighted by Crippen LogP contribution is 2.18. The molecular formula is C20H22N5O4+. The van der Waals surface area contributed by atoms with Crippen LogP contribution in [-0.2, 0) is 9.59 Å². The molecule has 0 aromatic heterocycles. The SMILES string of the molecule is CN1C(=O)C2=NC(c3ccc(OCC(=O)N4CCCCC4)cc3)=NC2=[N+](C)C1=O. The van der Waals surface area contributed by atoms with Gasteiger partial charge in [-0.25, -0.2) is 9.59 Å². The van der Waals surface area contributed by atoms with E-state index >= 15 is 0 Å². The average Bonchev–Trinajstić information content (AvgIpc) is 3.21. The number of amidine groups is 2. The highest BCUT2D eigenvalue weighted by Gasteiger charge is 2.44. The zero-order valence-corrected chi connectivity index (χ0v) is 16.4. The second kappa shape index (κ2) is 7.57. The molecule has 29 heavy (non-hydrogen) atoms. The van der Waals surface area contributed by atoms with Gasteiger partial charge < -0.3 is 9.64 Å². The first-order valence-corrected chi connectivity index (χ1v) is 9.57. The van der Waals surface area contributed by atoms with Crippen molar-refractivity contribution in [2.24, 2.45) is 9.98 Å². The molecule has 0 saturated carbocycles. The number of nitrogens with zero attached hydrogens (tertiary/aromatic N) is 5. The summed E-state index contributed by atoms with van der Waals surface area (Å²) in [6.45, 7) is 1.60. The lowest BCUT2D eigenvalue weighted by atomic mass is 10.1. The smallest absolute Gasteiger partial charge is 0.446 e. The lowest BCUT2D eigenvalue weighted by Crippen LogP contribution is -2.51. The van der Waals surface area contributed by atoms with Crippen LogP contribution in [0.15, 0.2) is 34.3 Å². The molecule has 0 radical (unpaired) electrons. The summed E-state index contributed by atoms with van der Waals surface area (Å²) in [7, 11) is 2.97. The van der Waals surface area contributed by atoms with Gasteiger partial charge in [-0.2, -0.15) is 14.5 Å². The maximum atomic E-state index is 12.3. The number of urea groups is 1. The first-order chi connectivity index (χ1) is 14.0. The Kier molecular flexibility index (Phi) is 4.96. The second-order valence-corrected chi connectivity index (χ2v) is 7.18. The maximum Gasteiger partial charge on any atom is 0.446 e. The predicted molar refractivity (Wildman–Crippen MR) is 106 cm³/mol. The lowest BCUT2D eigenvalue weighted by Gasteiger charge is -2.26. The molecule has 3 heterocycles. The Labute approximate surface area is 168 Å². The molecule has 150 valence electrons. The molecular weight excluding hydrogens is 374 g/mol. The molecule has 1 saturated heterocycles. The summed E-state index contributed by atoms with van der Waals surface area (Å²) < 4.78 is 6.91. The van der Waals surface area contributed by atoms with Crippen LogP contribution in [0.3, 0.4) is 0 Å². The van der Waals surface area contributed by atoms with Gasteiger partial charge in [-0.05, 0) is 43.5 Å². The Bertz CT molecular complexity index is 971. The topological polar surface area (TPSA) is 94.7 Å². The second-order valence-electron chi connectivity index (χ2n) is 7.18. The highest BCUT2D eigenvalue weighted by molar-refractivity contribution is 6.70. The molecule has 4 amide bonds. The molecule has 0 unspecified atom stereocenters. The third-order valence-electron chi connectivity index (χ3n) is 5.22. The van der Waals surface area contributed by atoms with Gasteiger partial charge in [0.25, 0.3) is 5.91 Å². The van der Waals surface area contributed by atoms with E-state index in [4.69, 9.17) is 4.74 Å². The van der Waals surface area contributed by atoms with Crippen LogP contribution in [0.5, 0.6) is 5.75 Å². The van der Waals surface area contributed by atoms with E-state index in [1.54, 1.807) is 31.3 Å². The fraction of sp³-hybridized carbons (Fsp3) is 0.400. The maximum absolute atomic E-state index is 12.3. The minimum absolute atomic E-state index is 0.00356. The highest BCUT2D eigenvalue weighted by atomic mass is 16.5. The van der Waals surface area contributed by atoms with Crippen LogP contribution >= 0.6 is 0 Å². The average molecular weight is 396 g/mol. The van der Waals surface area contributed by atoms with Gasteiger partial charge in [-0.3, -0.25) is 4.79 Å². The van der Waals surface area contributed by atoms with Crippen LogP contribution in [0.25, 0.3) is 0 Å². The van der Waals surface area contributed by atoms with Gasteiger partial charge in [0.2, 0.25) is 11.5 Å². The van der Waals surface area contributed by atoms with E-state index in [1.165, 1.54) is 18.0 Å². The zero-order valence-electron chi connectivity index (χ0n) is 16.4. The van der Waals surface area contributed by atoms with Gasteiger partial charge in [0.15, 0.2) is 6.61 Å². The molecule has 9 nitrogen and oxygen atoms in total. The molecule has 3 aliphatic rings. The summed E-state index contributed by atoms with van der Waals surface area (Å²) in [6.07, 6.45) is 3.26. The van der Waals surface area contributed by atoms with Crippen molar-refractivity contribution in [1.29, 1.82) is 0 Å². The van der Waals surface area contributed by atoms with E-state index in [0.29, 0.717) is 17.1 Å². The number of hydrogen-bond acceptors (Lipinski definition) is 6. The van der Waals surface area contributed by atoms with Gasteiger partial charge in [0.05, 0.1) is 14.1 Å². The molecule has 0 spiro atoms. The van der Waals surface area contributed by atoms with Crippen molar-refractivity contribution in [2.45, 2.75) is 19.3 Å². The van der Waals surface area contributed by atoms with E-state index in [2.05, 4.69) is 9.98 Å². The van der Waals surface area contributed by atoms with Crippen LogP contribution in [0.4, 0.5) is 4.79 Å². The first-order valence-electron chi connectivity index (χ1n) is 9.57. The summed E-state index contributed by atoms with van der Waals surface area (Å²) >= 11 is 0. The van der Waals surface area contributed by atoms with Crippen molar-refractivity contribution in [3.05, 3.63) is 29.8 Å². The van der Waals surface area contributed by atoms with Gasteiger partial charge in [0.1, 0.15) is 5.75 Å². The predicted octanol–water partition coefficient (Wildman–Crippen LogP) is 0.912. The van der Waals surface area contributed by atoms with E-state index in [9.17, 15) is 14.4 Å². The van der Waals surface area contributed by atoms with Crippen LogP contribution in [0.2, 0.25) is 0 Å². The lowest BCUT2D eigenvalue weighted by molar-refractivity contribution is -0.401. The minimum atomic E-state index is -0.474. The van der Waals surface area contributed by atoms with Crippen molar-refractivity contribution in [2.75, 3.05) is 33.8 Å². The van der Waals surface area contributed by atoms with Crippen molar-refractivity contribution in [3.8, 4) is 5.75 Å². The molecule has 3 aliphatic heterocycles. The first kappa shape index (κ1) is 19.0. The molecule has 1 aromatic carbocycles. The van der Waals surface area contributed by atoms with E-state index < -0.39 is 11.9 Å². The fourth-order valence-electron chi connectivity index (χ4n) is 3.48. The number of benzene rings is 1. The van der Waals surface area contributed by atoms with Gasteiger partial charge in [0, 0.05) is 18.7 Å². The van der Waals surface area contributed by atoms with Crippen LogP contribution in [0, 0.1) is 0 Å². The monoisotopic (exact) mass is 396 g/mol. The molecule has 0 bridgehead atoms. The molecule has 0 aliphatic carbocycles. The number of imide groups is 1. The van der Waals surface area contributed by atoms with Crippen LogP contribution in [-0.4, -0.2) is 83.4 Å². The summed E-state index contributed by atoms with van der Waals surface area (Å²) in [5.74, 6) is 0.697. The number of likely N-dealkylation sites (tertiary alicyclic amines) is 1. The number of rotatable bonds is 4. The van der Waals surface area contributed by atoms with Crippen molar-refractivity contribution in [1.82, 2.24) is 9.80 Å².